The highest BCUT2D eigenvalue weighted by molar-refractivity contribution is 6.39. The van der Waals surface area contributed by atoms with Crippen LogP contribution in [0, 0.1) is 11.3 Å². The number of piperidine rings is 1. The van der Waals surface area contributed by atoms with Gasteiger partial charge in [-0.2, -0.15) is 5.10 Å². The largest absolute Gasteiger partial charge is 0.481 e. The molecule has 2 aromatic heterocycles. The second-order valence-corrected chi connectivity index (χ2v) is 11.9. The lowest BCUT2D eigenvalue weighted by Crippen LogP contribution is -2.37. The van der Waals surface area contributed by atoms with Crippen LogP contribution in [0.25, 0.3) is 22.4 Å². The summed E-state index contributed by atoms with van der Waals surface area (Å²) < 4.78 is 6.74. The van der Waals surface area contributed by atoms with Crippen LogP contribution in [0.4, 0.5) is 5.69 Å². The van der Waals surface area contributed by atoms with Crippen LogP contribution in [0.2, 0.25) is 10.0 Å². The van der Waals surface area contributed by atoms with E-state index >= 15 is 0 Å². The predicted octanol–water partition coefficient (Wildman–Crippen LogP) is 5.37. The number of nitrogens with zero attached hydrogens (tertiary/aromatic N) is 4. The Morgan fingerprint density at radius 3 is 2.52 bits per heavy atom. The fourth-order valence-electron chi connectivity index (χ4n) is 6.00. The molecule has 0 radical (unpaired) electrons. The molecule has 12 heteroatoms. The van der Waals surface area contributed by atoms with Gasteiger partial charge in [0.2, 0.25) is 5.88 Å². The second-order valence-electron chi connectivity index (χ2n) is 11.2. The molecule has 2 unspecified atom stereocenters. The molecule has 3 heterocycles. The number of fused-ring (bicyclic) bond motifs is 1. The van der Waals surface area contributed by atoms with E-state index < -0.39 is 22.9 Å². The van der Waals surface area contributed by atoms with Gasteiger partial charge in [0.25, 0.3) is 11.5 Å². The van der Waals surface area contributed by atoms with Crippen molar-refractivity contribution in [3.63, 3.8) is 0 Å². The Labute approximate surface area is 263 Å². The summed E-state index contributed by atoms with van der Waals surface area (Å²) >= 11 is 13.7. The van der Waals surface area contributed by atoms with Gasteiger partial charge in [0.05, 0.1) is 34.0 Å². The quantitative estimate of drug-likeness (QED) is 0.265. The number of amides is 1. The molecular formula is C32H29Cl2N5O5. The Bertz CT molecular complexity index is 1860. The monoisotopic (exact) mass is 633 g/mol. The number of halogens is 2. The number of benzene rings is 2. The lowest BCUT2D eigenvalue weighted by atomic mass is 9.95. The van der Waals surface area contributed by atoms with Crippen LogP contribution in [-0.2, 0) is 18.4 Å². The standard InChI is InChI=1S/C32H29Cl2N5O5/c1-38-30(41)23(11-13-35-38)28(40)36-25-8-4-6-21(27(25)34)20-5-3-7-22(26(20)33)24-10-9-18(29(37-24)44-2)16-39-14-12-32(31(42)43)15-19(32)17-39/h3-11,13,19H,12,14-17H2,1-2H3,(H,36,40)(H,42,43). The number of nitrogens with one attached hydrogen (secondary N) is 1. The summed E-state index contributed by atoms with van der Waals surface area (Å²) in [4.78, 5) is 43.9. The molecule has 0 bridgehead atoms. The molecule has 4 aromatic rings. The van der Waals surface area contributed by atoms with Gasteiger partial charge in [0, 0.05) is 48.6 Å². The molecule has 1 saturated heterocycles. The van der Waals surface area contributed by atoms with Crippen molar-refractivity contribution < 1.29 is 19.4 Å². The van der Waals surface area contributed by atoms with Crippen LogP contribution in [0.3, 0.4) is 0 Å². The van der Waals surface area contributed by atoms with Crippen molar-refractivity contribution in [1.29, 1.82) is 0 Å². The zero-order valence-corrected chi connectivity index (χ0v) is 25.5. The number of aryl methyl sites for hydroxylation is 1. The van der Waals surface area contributed by atoms with Crippen LogP contribution < -0.4 is 15.6 Å². The molecule has 1 aliphatic carbocycles. The number of carbonyl (C=O) groups is 2. The van der Waals surface area contributed by atoms with E-state index in [1.54, 1.807) is 25.3 Å². The highest BCUT2D eigenvalue weighted by Gasteiger charge is 2.62. The first-order valence-corrected chi connectivity index (χ1v) is 14.8. The van der Waals surface area contributed by atoms with Gasteiger partial charge in [-0.1, -0.05) is 59.6 Å². The summed E-state index contributed by atoms with van der Waals surface area (Å²) in [6.07, 6.45) is 2.77. The van der Waals surface area contributed by atoms with Gasteiger partial charge < -0.3 is 15.2 Å². The number of aliphatic carboxylic acids is 1. The van der Waals surface area contributed by atoms with Gasteiger partial charge in [0.15, 0.2) is 0 Å². The number of pyridine rings is 1. The molecule has 2 aromatic carbocycles. The fourth-order valence-corrected chi connectivity index (χ4v) is 6.60. The van der Waals surface area contributed by atoms with Crippen molar-refractivity contribution in [2.75, 3.05) is 25.5 Å². The molecule has 1 amide bonds. The van der Waals surface area contributed by atoms with E-state index in [1.165, 1.54) is 19.3 Å². The summed E-state index contributed by atoms with van der Waals surface area (Å²) in [6, 6.07) is 15.9. The summed E-state index contributed by atoms with van der Waals surface area (Å²) in [5, 5.41) is 16.8. The Hall–Kier alpha value is -4.25. The maximum Gasteiger partial charge on any atom is 0.310 e. The SMILES string of the molecule is COc1nc(-c2cccc(-c3cccc(NC(=O)c4ccnn(C)c4=O)c3Cl)c2Cl)ccc1CN1CCC2(C(=O)O)CC2C1. The summed E-state index contributed by atoms with van der Waals surface area (Å²) in [5.41, 5.74) is 2.61. The zero-order chi connectivity index (χ0) is 31.2. The third-order valence-electron chi connectivity index (χ3n) is 8.60. The summed E-state index contributed by atoms with van der Waals surface area (Å²) in [5.74, 6) is -0.624. The fraction of sp³-hybridized carbons (Fsp3) is 0.281. The summed E-state index contributed by atoms with van der Waals surface area (Å²) in [6.45, 7) is 2.06. The number of ether oxygens (including phenoxy) is 1. The molecule has 1 aliphatic heterocycles. The number of hydrogen-bond donors (Lipinski definition) is 2. The maximum atomic E-state index is 12.9. The smallest absolute Gasteiger partial charge is 0.310 e. The minimum Gasteiger partial charge on any atom is -0.481 e. The van der Waals surface area contributed by atoms with Crippen LogP contribution in [-0.4, -0.2) is 56.8 Å². The number of hydrogen-bond acceptors (Lipinski definition) is 7. The van der Waals surface area contributed by atoms with E-state index in [1.807, 2.05) is 30.3 Å². The zero-order valence-electron chi connectivity index (χ0n) is 24.0. The first-order valence-electron chi connectivity index (χ1n) is 14.0. The van der Waals surface area contributed by atoms with Crippen molar-refractivity contribution in [1.82, 2.24) is 19.7 Å². The molecule has 10 nitrogen and oxygen atoms in total. The second kappa shape index (κ2) is 11.7. The third kappa shape index (κ3) is 5.34. The predicted molar refractivity (Wildman–Crippen MR) is 167 cm³/mol. The Morgan fingerprint density at radius 1 is 1.07 bits per heavy atom. The highest BCUT2D eigenvalue weighted by atomic mass is 35.5. The average Bonchev–Trinajstić information content (AvgIpc) is 3.76. The van der Waals surface area contributed by atoms with E-state index in [4.69, 9.17) is 32.9 Å². The van der Waals surface area contributed by atoms with Crippen molar-refractivity contribution in [2.45, 2.75) is 19.4 Å². The molecule has 2 atom stereocenters. The average molecular weight is 635 g/mol. The first kappa shape index (κ1) is 29.8. The number of carboxylic acid groups (broad SMARTS) is 1. The van der Waals surface area contributed by atoms with Crippen molar-refractivity contribution in [3.05, 3.63) is 92.3 Å². The topological polar surface area (TPSA) is 127 Å². The lowest BCUT2D eigenvalue weighted by Gasteiger charge is -2.29. The van der Waals surface area contributed by atoms with Gasteiger partial charge in [0.1, 0.15) is 5.56 Å². The highest BCUT2D eigenvalue weighted by Crippen LogP contribution is 2.58. The molecule has 1 saturated carbocycles. The normalized spacial score (nSPS) is 19.2. The number of carboxylic acids is 1. The molecule has 0 spiro atoms. The van der Waals surface area contributed by atoms with E-state index in [0.29, 0.717) is 58.5 Å². The third-order valence-corrected chi connectivity index (χ3v) is 9.41. The minimum atomic E-state index is -0.681. The molecule has 44 heavy (non-hydrogen) atoms. The van der Waals surface area contributed by atoms with Gasteiger partial charge in [-0.15, -0.1) is 0 Å². The Balaban J connectivity index is 1.25. The number of carbonyl (C=O) groups excluding carboxylic acids is 1. The molecule has 226 valence electrons. The number of aromatic nitrogens is 3. The van der Waals surface area contributed by atoms with Gasteiger partial charge >= 0.3 is 5.97 Å². The van der Waals surface area contributed by atoms with E-state index in [0.717, 1.165) is 23.2 Å². The van der Waals surface area contributed by atoms with Gasteiger partial charge in [-0.3, -0.25) is 19.3 Å². The van der Waals surface area contributed by atoms with Crippen LogP contribution in [0.1, 0.15) is 28.8 Å². The van der Waals surface area contributed by atoms with Crippen LogP contribution in [0.5, 0.6) is 5.88 Å². The minimum absolute atomic E-state index is 0.0614. The number of anilines is 1. The lowest BCUT2D eigenvalue weighted by molar-refractivity contribution is -0.145. The van der Waals surface area contributed by atoms with Crippen LogP contribution >= 0.6 is 23.2 Å². The van der Waals surface area contributed by atoms with E-state index in [9.17, 15) is 19.5 Å². The van der Waals surface area contributed by atoms with Crippen LogP contribution in [0.15, 0.2) is 65.6 Å². The Morgan fingerprint density at radius 2 is 1.80 bits per heavy atom. The molecular weight excluding hydrogens is 605 g/mol. The number of rotatable bonds is 8. The van der Waals surface area contributed by atoms with Crippen molar-refractivity contribution in [2.24, 2.45) is 18.4 Å². The van der Waals surface area contributed by atoms with Crippen molar-refractivity contribution in [3.8, 4) is 28.3 Å². The van der Waals surface area contributed by atoms with Gasteiger partial charge in [-0.05, 0) is 43.5 Å². The molecule has 2 N–H and O–H groups in total. The number of likely N-dealkylation sites (tertiary alicyclic amines) is 1. The summed E-state index contributed by atoms with van der Waals surface area (Å²) in [7, 11) is 3.04. The Kier molecular flexibility index (Phi) is 7.91. The van der Waals surface area contributed by atoms with Gasteiger partial charge in [-0.25, -0.2) is 9.67 Å². The first-order chi connectivity index (χ1) is 21.1. The van der Waals surface area contributed by atoms with E-state index in [2.05, 4.69) is 15.3 Å². The number of methoxy groups -OCH3 is 1. The van der Waals surface area contributed by atoms with E-state index in [-0.39, 0.29) is 16.5 Å². The maximum absolute atomic E-state index is 12.9. The van der Waals surface area contributed by atoms with Crippen molar-refractivity contribution >= 4 is 40.8 Å². The molecule has 2 aliphatic rings. The molecule has 6 rings (SSSR count). The molecule has 2 fully saturated rings.